The van der Waals surface area contributed by atoms with Crippen LogP contribution in [-0.2, 0) is 17.6 Å². The molecule has 2 heterocycles. The van der Waals surface area contributed by atoms with Crippen LogP contribution in [0, 0.1) is 5.92 Å². The molecular formula is C22H26N2O3S. The van der Waals surface area contributed by atoms with E-state index in [2.05, 4.69) is 18.3 Å². The van der Waals surface area contributed by atoms with Crippen LogP contribution in [-0.4, -0.2) is 43.0 Å². The second-order valence-corrected chi connectivity index (χ2v) is 8.65. The summed E-state index contributed by atoms with van der Waals surface area (Å²) in [6, 6.07) is 9.21. The van der Waals surface area contributed by atoms with Crippen molar-refractivity contribution in [3.8, 4) is 0 Å². The summed E-state index contributed by atoms with van der Waals surface area (Å²) in [6.45, 7) is 4.66. The molecule has 0 bridgehead atoms. The first-order chi connectivity index (χ1) is 13.6. The van der Waals surface area contributed by atoms with Crippen LogP contribution >= 0.6 is 11.3 Å². The topological polar surface area (TPSA) is 58.6 Å². The maximum absolute atomic E-state index is 12.7. The van der Waals surface area contributed by atoms with E-state index < -0.39 is 0 Å². The van der Waals surface area contributed by atoms with Gasteiger partial charge in [0.15, 0.2) is 0 Å². The highest BCUT2D eigenvalue weighted by atomic mass is 32.1. The Morgan fingerprint density at radius 2 is 1.96 bits per heavy atom. The Bertz CT molecular complexity index is 853. The quantitative estimate of drug-likeness (QED) is 0.847. The molecule has 6 heteroatoms. The largest absolute Gasteiger partial charge is 0.378 e. The van der Waals surface area contributed by atoms with Crippen LogP contribution in [0.4, 0.5) is 5.69 Å². The van der Waals surface area contributed by atoms with E-state index >= 15 is 0 Å². The molecule has 1 aromatic carbocycles. The lowest BCUT2D eigenvalue weighted by Crippen LogP contribution is -2.40. The van der Waals surface area contributed by atoms with Gasteiger partial charge in [-0.1, -0.05) is 13.3 Å². The van der Waals surface area contributed by atoms with Crippen molar-refractivity contribution in [2.24, 2.45) is 5.92 Å². The van der Waals surface area contributed by atoms with Gasteiger partial charge in [0.2, 0.25) is 0 Å². The Morgan fingerprint density at radius 3 is 2.68 bits per heavy atom. The zero-order valence-electron chi connectivity index (χ0n) is 16.2. The lowest BCUT2D eigenvalue weighted by molar-refractivity contribution is 0.0303. The van der Waals surface area contributed by atoms with Gasteiger partial charge >= 0.3 is 0 Å². The fourth-order valence-electron chi connectivity index (χ4n) is 3.90. The maximum Gasteiger partial charge on any atom is 0.265 e. The van der Waals surface area contributed by atoms with Crippen molar-refractivity contribution in [3.63, 3.8) is 0 Å². The summed E-state index contributed by atoms with van der Waals surface area (Å²) in [6.07, 6.45) is 4.61. The summed E-state index contributed by atoms with van der Waals surface area (Å²) in [7, 11) is 0. The third-order valence-corrected chi connectivity index (χ3v) is 6.91. The molecular weight excluding hydrogens is 372 g/mol. The van der Waals surface area contributed by atoms with Gasteiger partial charge in [-0.3, -0.25) is 9.59 Å². The normalized spacial score (nSPS) is 19.2. The van der Waals surface area contributed by atoms with Crippen molar-refractivity contribution < 1.29 is 14.3 Å². The first kappa shape index (κ1) is 19.2. The van der Waals surface area contributed by atoms with E-state index in [-0.39, 0.29) is 11.8 Å². The standard InChI is InChI=1S/C22H26N2O3S/c1-2-15-3-8-19-17(13-15)14-20(28-19)21(25)23-18-6-4-16(5-7-18)22(26)24-9-11-27-12-10-24/h4-7,14-15H,2-3,8-13H2,1H3,(H,23,25). The summed E-state index contributed by atoms with van der Waals surface area (Å²) in [4.78, 5) is 29.1. The molecule has 1 atom stereocenters. The minimum absolute atomic E-state index is 0.0117. The Hall–Kier alpha value is -2.18. The Balaban J connectivity index is 1.40. The van der Waals surface area contributed by atoms with Crippen molar-refractivity contribution in [2.45, 2.75) is 32.6 Å². The molecule has 1 aliphatic heterocycles. The van der Waals surface area contributed by atoms with Gasteiger partial charge in [-0.15, -0.1) is 11.3 Å². The zero-order chi connectivity index (χ0) is 19.5. The number of morpholine rings is 1. The fourth-order valence-corrected chi connectivity index (χ4v) is 5.00. The molecule has 1 fully saturated rings. The van der Waals surface area contributed by atoms with Crippen LogP contribution in [0.25, 0.3) is 0 Å². The number of amides is 2. The van der Waals surface area contributed by atoms with E-state index in [0.717, 1.165) is 23.6 Å². The summed E-state index contributed by atoms with van der Waals surface area (Å²) < 4.78 is 5.29. The smallest absolute Gasteiger partial charge is 0.265 e. The average molecular weight is 399 g/mol. The summed E-state index contributed by atoms with van der Waals surface area (Å²) in [5, 5.41) is 2.96. The Morgan fingerprint density at radius 1 is 1.21 bits per heavy atom. The minimum atomic E-state index is -0.0697. The van der Waals surface area contributed by atoms with E-state index in [1.165, 1.54) is 23.3 Å². The van der Waals surface area contributed by atoms with Gasteiger partial charge in [0.25, 0.3) is 11.8 Å². The molecule has 1 N–H and O–H groups in total. The molecule has 2 amide bonds. The number of anilines is 1. The molecule has 0 radical (unpaired) electrons. The van der Waals surface area contributed by atoms with E-state index in [1.54, 1.807) is 40.5 Å². The fraction of sp³-hybridized carbons (Fsp3) is 0.455. The van der Waals surface area contributed by atoms with Crippen molar-refractivity contribution in [1.82, 2.24) is 4.90 Å². The highest BCUT2D eigenvalue weighted by Gasteiger charge is 2.22. The Labute approximate surface area is 169 Å². The van der Waals surface area contributed by atoms with Crippen molar-refractivity contribution >= 4 is 28.8 Å². The van der Waals surface area contributed by atoms with Gasteiger partial charge in [-0.2, -0.15) is 0 Å². The van der Waals surface area contributed by atoms with Crippen LogP contribution in [0.5, 0.6) is 0 Å². The maximum atomic E-state index is 12.7. The lowest BCUT2D eigenvalue weighted by atomic mass is 9.87. The van der Waals surface area contributed by atoms with E-state index in [4.69, 9.17) is 4.74 Å². The SMILES string of the molecule is CCC1CCc2sc(C(=O)Nc3ccc(C(=O)N4CCOCC4)cc3)cc2C1. The number of rotatable bonds is 4. The molecule has 1 saturated heterocycles. The number of ether oxygens (including phenoxy) is 1. The molecule has 1 aliphatic carbocycles. The Kier molecular flexibility index (Phi) is 5.78. The van der Waals surface area contributed by atoms with Crippen LogP contribution in [0.2, 0.25) is 0 Å². The van der Waals surface area contributed by atoms with Crippen LogP contribution < -0.4 is 5.32 Å². The number of nitrogens with zero attached hydrogens (tertiary/aromatic N) is 1. The number of carbonyl (C=O) groups excluding carboxylic acids is 2. The number of benzene rings is 1. The molecule has 2 aromatic rings. The van der Waals surface area contributed by atoms with Gasteiger partial charge in [-0.05, 0) is 61.1 Å². The monoisotopic (exact) mass is 398 g/mol. The number of thiophene rings is 1. The summed E-state index contributed by atoms with van der Waals surface area (Å²) >= 11 is 1.62. The van der Waals surface area contributed by atoms with E-state index in [9.17, 15) is 9.59 Å². The third kappa shape index (κ3) is 4.13. The van der Waals surface area contributed by atoms with Gasteiger partial charge in [0, 0.05) is 29.2 Å². The first-order valence-electron chi connectivity index (χ1n) is 10.0. The third-order valence-electron chi connectivity index (χ3n) is 5.67. The zero-order valence-corrected chi connectivity index (χ0v) is 17.0. The lowest BCUT2D eigenvalue weighted by Gasteiger charge is -2.26. The van der Waals surface area contributed by atoms with E-state index in [1.807, 2.05) is 0 Å². The van der Waals surface area contributed by atoms with Crippen molar-refractivity contribution in [2.75, 3.05) is 31.6 Å². The van der Waals surface area contributed by atoms with Gasteiger partial charge < -0.3 is 15.0 Å². The molecule has 148 valence electrons. The second-order valence-electron chi connectivity index (χ2n) is 7.51. The first-order valence-corrected chi connectivity index (χ1v) is 10.9. The van der Waals surface area contributed by atoms with Crippen LogP contribution in [0.15, 0.2) is 30.3 Å². The number of nitrogens with one attached hydrogen (secondary N) is 1. The van der Waals surface area contributed by atoms with Crippen LogP contribution in [0.3, 0.4) is 0 Å². The van der Waals surface area contributed by atoms with Gasteiger partial charge in [0.05, 0.1) is 18.1 Å². The van der Waals surface area contributed by atoms with Gasteiger partial charge in [-0.25, -0.2) is 0 Å². The molecule has 2 aliphatic rings. The number of carbonyl (C=O) groups is 2. The molecule has 0 spiro atoms. The molecule has 1 unspecified atom stereocenters. The second kappa shape index (κ2) is 8.45. The number of hydrogen-bond donors (Lipinski definition) is 1. The number of aryl methyl sites for hydroxylation is 1. The predicted molar refractivity (Wildman–Crippen MR) is 111 cm³/mol. The summed E-state index contributed by atoms with van der Waals surface area (Å²) in [5.74, 6) is 0.687. The highest BCUT2D eigenvalue weighted by molar-refractivity contribution is 7.14. The number of fused-ring (bicyclic) bond motifs is 1. The van der Waals surface area contributed by atoms with Crippen LogP contribution in [0.1, 0.15) is 50.2 Å². The minimum Gasteiger partial charge on any atom is -0.378 e. The summed E-state index contributed by atoms with van der Waals surface area (Å²) in [5.41, 5.74) is 2.69. The highest BCUT2D eigenvalue weighted by Crippen LogP contribution is 2.33. The average Bonchev–Trinajstić information content (AvgIpc) is 3.18. The predicted octanol–water partition coefficient (Wildman–Crippen LogP) is 3.99. The molecule has 4 rings (SSSR count). The van der Waals surface area contributed by atoms with Crippen molar-refractivity contribution in [3.05, 3.63) is 51.2 Å². The number of hydrogen-bond acceptors (Lipinski definition) is 4. The molecule has 0 saturated carbocycles. The molecule has 1 aromatic heterocycles. The van der Waals surface area contributed by atoms with Gasteiger partial charge in [0.1, 0.15) is 0 Å². The van der Waals surface area contributed by atoms with E-state index in [0.29, 0.717) is 37.6 Å². The van der Waals surface area contributed by atoms with Crippen molar-refractivity contribution in [1.29, 1.82) is 0 Å². The molecule has 5 nitrogen and oxygen atoms in total. The molecule has 28 heavy (non-hydrogen) atoms.